The Balaban J connectivity index is 1.76. The van der Waals surface area contributed by atoms with E-state index in [0.717, 1.165) is 37.3 Å². The van der Waals surface area contributed by atoms with E-state index in [-0.39, 0.29) is 11.8 Å². The van der Waals surface area contributed by atoms with Crippen molar-refractivity contribution in [1.29, 1.82) is 0 Å². The Morgan fingerprint density at radius 3 is 2.61 bits per heavy atom. The first-order chi connectivity index (χ1) is 11.2. The summed E-state index contributed by atoms with van der Waals surface area (Å²) in [6, 6.07) is 7.64. The molecule has 0 bridgehead atoms. The lowest BCUT2D eigenvalue weighted by Gasteiger charge is -2.37. The first-order valence-corrected chi connectivity index (χ1v) is 8.20. The molecule has 0 radical (unpaired) electrons. The minimum absolute atomic E-state index is 0.0370. The molecular formula is C17H24N4O2. The van der Waals surface area contributed by atoms with Crippen molar-refractivity contribution in [2.75, 3.05) is 39.8 Å². The van der Waals surface area contributed by atoms with Gasteiger partial charge in [-0.15, -0.1) is 0 Å². The minimum Gasteiger partial charge on any atom is -0.357 e. The third-order valence-electron chi connectivity index (χ3n) is 4.69. The van der Waals surface area contributed by atoms with Crippen molar-refractivity contribution in [2.24, 2.45) is 0 Å². The number of hydrogen-bond acceptors (Lipinski definition) is 4. The fourth-order valence-corrected chi connectivity index (χ4v) is 3.34. The van der Waals surface area contributed by atoms with Crippen LogP contribution in [0, 0.1) is 0 Å². The molecule has 2 heterocycles. The number of amides is 2. The summed E-state index contributed by atoms with van der Waals surface area (Å²) in [6.45, 7) is 4.47. The molecule has 2 N–H and O–H groups in total. The van der Waals surface area contributed by atoms with Crippen molar-refractivity contribution >= 4 is 11.8 Å². The number of carbonyl (C=O) groups excluding carboxylic acids is 2. The van der Waals surface area contributed by atoms with Crippen molar-refractivity contribution in [1.82, 2.24) is 20.4 Å². The van der Waals surface area contributed by atoms with Gasteiger partial charge in [0.05, 0.1) is 6.54 Å². The van der Waals surface area contributed by atoms with E-state index < -0.39 is 6.04 Å². The molecule has 0 spiro atoms. The molecule has 6 nitrogen and oxygen atoms in total. The van der Waals surface area contributed by atoms with Crippen LogP contribution in [0.3, 0.4) is 0 Å². The Kier molecular flexibility index (Phi) is 4.93. The molecule has 1 fully saturated rings. The topological polar surface area (TPSA) is 64.7 Å². The highest BCUT2D eigenvalue weighted by Crippen LogP contribution is 2.23. The van der Waals surface area contributed by atoms with Crippen LogP contribution in [0.1, 0.15) is 11.1 Å². The van der Waals surface area contributed by atoms with E-state index in [4.69, 9.17) is 0 Å². The van der Waals surface area contributed by atoms with Crippen LogP contribution in [0.4, 0.5) is 0 Å². The van der Waals surface area contributed by atoms with Gasteiger partial charge < -0.3 is 15.5 Å². The molecule has 124 valence electrons. The van der Waals surface area contributed by atoms with Gasteiger partial charge in [0.2, 0.25) is 11.8 Å². The number of benzene rings is 1. The van der Waals surface area contributed by atoms with Gasteiger partial charge in [-0.3, -0.25) is 14.5 Å². The Hall–Kier alpha value is -1.92. The van der Waals surface area contributed by atoms with Gasteiger partial charge in [0.1, 0.15) is 6.04 Å². The number of piperazine rings is 1. The van der Waals surface area contributed by atoms with Gasteiger partial charge in [-0.05, 0) is 11.1 Å². The SMILES string of the molecule is CNC(=O)[C@@H]1Cc2ccccc2CN1C(=O)CN1CCNCC1. The molecule has 3 rings (SSSR count). The summed E-state index contributed by atoms with van der Waals surface area (Å²) in [6.07, 6.45) is 0.586. The molecule has 2 aliphatic heterocycles. The van der Waals surface area contributed by atoms with E-state index in [2.05, 4.69) is 15.5 Å². The smallest absolute Gasteiger partial charge is 0.242 e. The summed E-state index contributed by atoms with van der Waals surface area (Å²) in [5.41, 5.74) is 2.30. The number of carbonyl (C=O) groups is 2. The third-order valence-corrected chi connectivity index (χ3v) is 4.69. The second-order valence-electron chi connectivity index (χ2n) is 6.15. The molecule has 0 aromatic heterocycles. The first kappa shape index (κ1) is 16.0. The summed E-state index contributed by atoms with van der Waals surface area (Å²) >= 11 is 0. The second-order valence-corrected chi connectivity index (χ2v) is 6.15. The molecule has 6 heteroatoms. The predicted octanol–water partition coefficient (Wildman–Crippen LogP) is -0.409. The Morgan fingerprint density at radius 1 is 1.22 bits per heavy atom. The summed E-state index contributed by atoms with van der Waals surface area (Å²) < 4.78 is 0. The first-order valence-electron chi connectivity index (χ1n) is 8.20. The van der Waals surface area contributed by atoms with Crippen LogP contribution in [0.2, 0.25) is 0 Å². The molecule has 0 aliphatic carbocycles. The zero-order valence-corrected chi connectivity index (χ0v) is 13.5. The summed E-state index contributed by atoms with van der Waals surface area (Å²) in [5.74, 6) is -0.0526. The van der Waals surface area contributed by atoms with Crippen LogP contribution >= 0.6 is 0 Å². The predicted molar refractivity (Wildman–Crippen MR) is 87.9 cm³/mol. The highest BCUT2D eigenvalue weighted by molar-refractivity contribution is 5.89. The van der Waals surface area contributed by atoms with Crippen LogP contribution in [-0.4, -0.2) is 67.4 Å². The van der Waals surface area contributed by atoms with Crippen LogP contribution in [0.5, 0.6) is 0 Å². The maximum atomic E-state index is 12.8. The van der Waals surface area contributed by atoms with E-state index in [0.29, 0.717) is 19.5 Å². The van der Waals surface area contributed by atoms with Gasteiger partial charge in [0, 0.05) is 46.2 Å². The quantitative estimate of drug-likeness (QED) is 0.796. The van der Waals surface area contributed by atoms with Crippen LogP contribution in [0.15, 0.2) is 24.3 Å². The van der Waals surface area contributed by atoms with Crippen LogP contribution < -0.4 is 10.6 Å². The summed E-state index contributed by atoms with van der Waals surface area (Å²) in [4.78, 5) is 28.9. The lowest BCUT2D eigenvalue weighted by molar-refractivity contribution is -0.142. The van der Waals surface area contributed by atoms with Gasteiger partial charge in [-0.1, -0.05) is 24.3 Å². The van der Waals surface area contributed by atoms with Crippen molar-refractivity contribution in [3.63, 3.8) is 0 Å². The summed E-state index contributed by atoms with van der Waals surface area (Å²) in [7, 11) is 1.63. The van der Waals surface area contributed by atoms with Crippen LogP contribution in [-0.2, 0) is 22.6 Å². The average molecular weight is 316 g/mol. The number of nitrogens with zero attached hydrogens (tertiary/aromatic N) is 2. The van der Waals surface area contributed by atoms with Gasteiger partial charge in [0.15, 0.2) is 0 Å². The standard InChI is InChI=1S/C17H24N4O2/c1-18-17(23)15-10-13-4-2-3-5-14(13)11-21(15)16(22)12-20-8-6-19-7-9-20/h2-5,15,19H,6-12H2,1H3,(H,18,23)/t15-/m0/s1. The number of fused-ring (bicyclic) bond motifs is 1. The van der Waals surface area contributed by atoms with Gasteiger partial charge in [-0.2, -0.15) is 0 Å². The van der Waals surface area contributed by atoms with E-state index in [1.807, 2.05) is 24.3 Å². The highest BCUT2D eigenvalue weighted by atomic mass is 16.2. The molecular weight excluding hydrogens is 292 g/mol. The van der Waals surface area contributed by atoms with E-state index in [1.54, 1.807) is 11.9 Å². The largest absolute Gasteiger partial charge is 0.357 e. The Morgan fingerprint density at radius 2 is 1.91 bits per heavy atom. The number of likely N-dealkylation sites (N-methyl/N-ethyl adjacent to an activating group) is 1. The molecule has 1 saturated heterocycles. The minimum atomic E-state index is -0.412. The van der Waals surface area contributed by atoms with Crippen LogP contribution in [0.25, 0.3) is 0 Å². The number of nitrogens with one attached hydrogen (secondary N) is 2. The highest BCUT2D eigenvalue weighted by Gasteiger charge is 2.34. The van der Waals surface area contributed by atoms with Crippen molar-refractivity contribution < 1.29 is 9.59 Å². The second kappa shape index (κ2) is 7.10. The fraction of sp³-hybridized carbons (Fsp3) is 0.529. The van der Waals surface area contributed by atoms with Gasteiger partial charge >= 0.3 is 0 Å². The van der Waals surface area contributed by atoms with E-state index in [1.165, 1.54) is 0 Å². The van der Waals surface area contributed by atoms with E-state index in [9.17, 15) is 9.59 Å². The Bertz CT molecular complexity index is 584. The maximum absolute atomic E-state index is 12.8. The average Bonchev–Trinajstić information content (AvgIpc) is 2.60. The molecule has 2 amide bonds. The lowest BCUT2D eigenvalue weighted by atomic mass is 9.93. The molecule has 0 saturated carbocycles. The maximum Gasteiger partial charge on any atom is 0.242 e. The lowest BCUT2D eigenvalue weighted by Crippen LogP contribution is -2.55. The zero-order chi connectivity index (χ0) is 16.2. The molecule has 0 unspecified atom stereocenters. The van der Waals surface area contributed by atoms with Crippen molar-refractivity contribution in [3.05, 3.63) is 35.4 Å². The van der Waals surface area contributed by atoms with Gasteiger partial charge in [0.25, 0.3) is 0 Å². The number of hydrogen-bond donors (Lipinski definition) is 2. The molecule has 1 aromatic rings. The normalized spacial score (nSPS) is 21.6. The molecule has 1 atom stereocenters. The summed E-state index contributed by atoms with van der Waals surface area (Å²) in [5, 5.41) is 5.98. The Labute approximate surface area is 136 Å². The van der Waals surface area contributed by atoms with Crippen molar-refractivity contribution in [2.45, 2.75) is 19.0 Å². The molecule has 1 aromatic carbocycles. The monoisotopic (exact) mass is 316 g/mol. The third kappa shape index (κ3) is 3.54. The van der Waals surface area contributed by atoms with E-state index >= 15 is 0 Å². The fourth-order valence-electron chi connectivity index (χ4n) is 3.34. The van der Waals surface area contributed by atoms with Gasteiger partial charge in [-0.25, -0.2) is 0 Å². The molecule has 23 heavy (non-hydrogen) atoms. The number of rotatable bonds is 3. The van der Waals surface area contributed by atoms with Crippen molar-refractivity contribution in [3.8, 4) is 0 Å². The zero-order valence-electron chi connectivity index (χ0n) is 13.5. The molecule has 2 aliphatic rings.